The molecule has 1 heterocycles. The van der Waals surface area contributed by atoms with Crippen LogP contribution in [0.3, 0.4) is 0 Å². The molecule has 1 amide bonds. The largest absolute Gasteiger partial charge is 0.508 e. The summed E-state index contributed by atoms with van der Waals surface area (Å²) in [7, 11) is 1.96. The summed E-state index contributed by atoms with van der Waals surface area (Å²) in [5.74, 6) is 2.01. The molecule has 4 heteroatoms. The van der Waals surface area contributed by atoms with Crippen molar-refractivity contribution in [2.75, 3.05) is 7.05 Å². The maximum Gasteiger partial charge on any atom is 0.246 e. The van der Waals surface area contributed by atoms with Gasteiger partial charge in [0.2, 0.25) is 5.91 Å². The Balaban J connectivity index is 1.47. The first-order valence-corrected chi connectivity index (χ1v) is 11.4. The van der Waals surface area contributed by atoms with Gasteiger partial charge in [0.05, 0.1) is 6.10 Å². The highest BCUT2D eigenvalue weighted by atomic mass is 16.3. The maximum atomic E-state index is 12.2. The van der Waals surface area contributed by atoms with Gasteiger partial charge in [0.1, 0.15) is 5.75 Å². The minimum atomic E-state index is -0.408. The van der Waals surface area contributed by atoms with E-state index in [1.54, 1.807) is 18.2 Å². The second-order valence-electron chi connectivity index (χ2n) is 10.6. The third-order valence-corrected chi connectivity index (χ3v) is 9.24. The third-order valence-electron chi connectivity index (χ3n) is 9.24. The molecule has 0 bridgehead atoms. The molecule has 1 aromatic rings. The molecular formula is C26H33NO3. The van der Waals surface area contributed by atoms with Crippen molar-refractivity contribution in [1.82, 2.24) is 4.90 Å². The van der Waals surface area contributed by atoms with Gasteiger partial charge in [-0.2, -0.15) is 0 Å². The average molecular weight is 408 g/mol. The number of fused-ring (bicyclic) bond motifs is 5. The van der Waals surface area contributed by atoms with Gasteiger partial charge >= 0.3 is 0 Å². The van der Waals surface area contributed by atoms with Gasteiger partial charge in [0.15, 0.2) is 0 Å². The predicted octanol–water partition coefficient (Wildman–Crippen LogP) is 4.39. The van der Waals surface area contributed by atoms with Crippen LogP contribution in [0.1, 0.15) is 51.5 Å². The lowest BCUT2D eigenvalue weighted by Gasteiger charge is -2.59. The van der Waals surface area contributed by atoms with E-state index in [9.17, 15) is 15.0 Å². The van der Waals surface area contributed by atoms with E-state index >= 15 is 0 Å². The van der Waals surface area contributed by atoms with Crippen LogP contribution in [0, 0.1) is 28.6 Å². The number of aliphatic hydroxyl groups is 1. The van der Waals surface area contributed by atoms with Gasteiger partial charge < -0.3 is 15.1 Å². The minimum absolute atomic E-state index is 0.0291. The lowest BCUT2D eigenvalue weighted by Crippen LogP contribution is -2.59. The van der Waals surface area contributed by atoms with Crippen LogP contribution in [-0.4, -0.2) is 40.2 Å². The summed E-state index contributed by atoms with van der Waals surface area (Å²) in [5, 5.41) is 20.9. The number of nitrogens with zero attached hydrogens (tertiary/aromatic N) is 1. The molecule has 7 atom stereocenters. The summed E-state index contributed by atoms with van der Waals surface area (Å²) in [6.45, 7) is 4.65. The van der Waals surface area contributed by atoms with Gasteiger partial charge in [0, 0.05) is 23.9 Å². The Hall–Kier alpha value is -2.07. The molecule has 0 unspecified atom stereocenters. The summed E-state index contributed by atoms with van der Waals surface area (Å²) in [4.78, 5) is 14.2. The number of benzene rings is 1. The average Bonchev–Trinajstić information content (AvgIpc) is 2.98. The fourth-order valence-corrected chi connectivity index (χ4v) is 7.52. The molecule has 0 saturated heterocycles. The van der Waals surface area contributed by atoms with E-state index in [0.29, 0.717) is 23.8 Å². The monoisotopic (exact) mass is 407 g/mol. The van der Waals surface area contributed by atoms with E-state index in [1.807, 2.05) is 24.1 Å². The molecule has 160 valence electrons. The number of aromatic hydroxyl groups is 1. The summed E-state index contributed by atoms with van der Waals surface area (Å²) >= 11 is 0. The number of aliphatic hydroxyl groups excluding tert-OH is 1. The molecular weight excluding hydrogens is 374 g/mol. The molecule has 4 nitrogen and oxygen atoms in total. The van der Waals surface area contributed by atoms with E-state index in [0.717, 1.165) is 43.2 Å². The normalized spacial score (nSPS) is 44.0. The number of hydrogen-bond acceptors (Lipinski definition) is 3. The van der Waals surface area contributed by atoms with Gasteiger partial charge in [-0.15, -0.1) is 0 Å². The molecule has 4 aliphatic rings. The molecule has 0 spiro atoms. The van der Waals surface area contributed by atoms with E-state index in [-0.39, 0.29) is 22.5 Å². The predicted molar refractivity (Wildman–Crippen MR) is 118 cm³/mol. The van der Waals surface area contributed by atoms with Crippen molar-refractivity contribution in [2.45, 2.75) is 58.1 Å². The van der Waals surface area contributed by atoms with Crippen molar-refractivity contribution in [3.05, 3.63) is 47.6 Å². The number of phenols is 1. The molecule has 0 radical (unpaired) electrons. The standard InChI is InChI=1S/C26H33NO3/c1-25-13-11-23(29)27(3)22(25)9-8-19-20(25)10-12-26(2)21(19)15-17(24(26)30)14-16-4-6-18(28)7-5-16/h4-7,11,13-14,19-22,24,28,30H,8-10,12,15H2,1-3H3/b17-14-/t19-,20+,21+,22-,24+,25-,26+/m1/s1. The smallest absolute Gasteiger partial charge is 0.246 e. The Labute approximate surface area is 179 Å². The zero-order valence-electron chi connectivity index (χ0n) is 18.2. The number of carbonyl (C=O) groups is 1. The molecule has 1 aliphatic heterocycles. The Morgan fingerprint density at radius 2 is 1.83 bits per heavy atom. The number of amides is 1. The lowest BCUT2D eigenvalue weighted by molar-refractivity contribution is -0.140. The zero-order chi connectivity index (χ0) is 21.3. The summed E-state index contributed by atoms with van der Waals surface area (Å²) < 4.78 is 0. The van der Waals surface area contributed by atoms with Crippen LogP contribution in [0.25, 0.3) is 6.08 Å². The molecule has 30 heavy (non-hydrogen) atoms. The molecule has 2 N–H and O–H groups in total. The Bertz CT molecular complexity index is 919. The van der Waals surface area contributed by atoms with Crippen molar-refractivity contribution < 1.29 is 15.0 Å². The number of hydrogen-bond donors (Lipinski definition) is 2. The topological polar surface area (TPSA) is 60.8 Å². The summed E-state index contributed by atoms with van der Waals surface area (Å²) in [6, 6.07) is 7.52. The molecule has 5 rings (SSSR count). The maximum absolute atomic E-state index is 12.2. The highest BCUT2D eigenvalue weighted by molar-refractivity contribution is 5.89. The molecule has 0 aromatic heterocycles. The first-order chi connectivity index (χ1) is 14.2. The minimum Gasteiger partial charge on any atom is -0.508 e. The van der Waals surface area contributed by atoms with Crippen LogP contribution in [-0.2, 0) is 4.79 Å². The van der Waals surface area contributed by atoms with Gasteiger partial charge in [-0.25, -0.2) is 0 Å². The molecule has 3 aliphatic carbocycles. The van der Waals surface area contributed by atoms with Crippen LogP contribution in [0.15, 0.2) is 42.0 Å². The van der Waals surface area contributed by atoms with Crippen molar-refractivity contribution in [2.24, 2.45) is 28.6 Å². The number of carbonyl (C=O) groups excluding carboxylic acids is 1. The second-order valence-corrected chi connectivity index (χ2v) is 10.6. The highest BCUT2D eigenvalue weighted by Crippen LogP contribution is 2.64. The van der Waals surface area contributed by atoms with E-state index < -0.39 is 6.10 Å². The van der Waals surface area contributed by atoms with Crippen LogP contribution in [0.2, 0.25) is 0 Å². The van der Waals surface area contributed by atoms with Gasteiger partial charge in [0.25, 0.3) is 0 Å². The van der Waals surface area contributed by atoms with E-state index in [2.05, 4.69) is 26.0 Å². The fourth-order valence-electron chi connectivity index (χ4n) is 7.52. The fraction of sp³-hybridized carbons (Fsp3) is 0.577. The first-order valence-electron chi connectivity index (χ1n) is 11.4. The van der Waals surface area contributed by atoms with Gasteiger partial charge in [-0.1, -0.05) is 38.1 Å². The number of phenolic OH excluding ortho intramolecular Hbond substituents is 1. The van der Waals surface area contributed by atoms with Crippen LogP contribution in [0.4, 0.5) is 0 Å². The number of rotatable bonds is 1. The van der Waals surface area contributed by atoms with Crippen molar-refractivity contribution in [3.8, 4) is 5.75 Å². The Morgan fingerprint density at radius 1 is 1.10 bits per heavy atom. The number of likely N-dealkylation sites (N-methyl/N-ethyl adjacent to an activating group) is 1. The molecule has 1 aromatic carbocycles. The van der Waals surface area contributed by atoms with Crippen LogP contribution >= 0.6 is 0 Å². The summed E-state index contributed by atoms with van der Waals surface area (Å²) in [6.07, 6.45) is 11.0. The van der Waals surface area contributed by atoms with E-state index in [1.165, 1.54) is 0 Å². The van der Waals surface area contributed by atoms with Crippen LogP contribution < -0.4 is 0 Å². The first kappa shape index (κ1) is 19.9. The second kappa shape index (κ2) is 6.71. The molecule has 3 fully saturated rings. The van der Waals surface area contributed by atoms with Crippen LogP contribution in [0.5, 0.6) is 5.75 Å². The van der Waals surface area contributed by atoms with Gasteiger partial charge in [-0.3, -0.25) is 4.79 Å². The quantitative estimate of drug-likeness (QED) is 0.726. The van der Waals surface area contributed by atoms with Crippen molar-refractivity contribution in [3.63, 3.8) is 0 Å². The highest BCUT2D eigenvalue weighted by Gasteiger charge is 2.61. The Kier molecular flexibility index (Phi) is 4.45. The van der Waals surface area contributed by atoms with Crippen molar-refractivity contribution >= 4 is 12.0 Å². The van der Waals surface area contributed by atoms with Crippen molar-refractivity contribution in [1.29, 1.82) is 0 Å². The lowest BCUT2D eigenvalue weighted by atomic mass is 9.48. The summed E-state index contributed by atoms with van der Waals surface area (Å²) in [5.41, 5.74) is 2.12. The van der Waals surface area contributed by atoms with Gasteiger partial charge in [-0.05, 0) is 79.2 Å². The SMILES string of the molecule is CN1C(=O)C=C[C@]2(C)[C@H]3CC[C@]4(C)[C@@H](O)/C(=C\c5ccc(O)cc5)C[C@H]4[C@@H]3CC[C@@H]12. The zero-order valence-corrected chi connectivity index (χ0v) is 18.2. The molecule has 3 saturated carbocycles. The Morgan fingerprint density at radius 3 is 2.57 bits per heavy atom. The van der Waals surface area contributed by atoms with E-state index in [4.69, 9.17) is 0 Å². The third kappa shape index (κ3) is 2.72.